The summed E-state index contributed by atoms with van der Waals surface area (Å²) in [4.78, 5) is 6.75. The fourth-order valence-corrected chi connectivity index (χ4v) is 1.88. The molecule has 1 aliphatic rings. The van der Waals surface area contributed by atoms with Crippen molar-refractivity contribution in [1.82, 2.24) is 15.6 Å². The van der Waals surface area contributed by atoms with E-state index in [1.807, 2.05) is 6.92 Å². The minimum atomic E-state index is 0.261. The third-order valence-corrected chi connectivity index (χ3v) is 3.25. The van der Waals surface area contributed by atoms with Crippen LogP contribution in [0.3, 0.4) is 0 Å². The predicted molar refractivity (Wildman–Crippen MR) is 63.6 cm³/mol. The molecule has 0 aromatic carbocycles. The average Bonchev–Trinajstić information content (AvgIpc) is 2.13. The second-order valence-electron chi connectivity index (χ2n) is 4.31. The van der Waals surface area contributed by atoms with Crippen LogP contribution in [0.2, 0.25) is 0 Å². The lowest BCUT2D eigenvalue weighted by molar-refractivity contribution is 0.0699. The van der Waals surface area contributed by atoms with Crippen LogP contribution in [-0.4, -0.2) is 43.6 Å². The van der Waals surface area contributed by atoms with E-state index >= 15 is 0 Å². The molecule has 0 aliphatic heterocycles. The molecule has 1 rings (SSSR count). The van der Waals surface area contributed by atoms with Crippen LogP contribution in [0, 0.1) is 0 Å². The van der Waals surface area contributed by atoms with Crippen LogP contribution in [0.25, 0.3) is 0 Å². The van der Waals surface area contributed by atoms with Crippen LogP contribution in [0.4, 0.5) is 0 Å². The molecule has 0 atom stereocenters. The Bertz CT molecular complexity index is 220. The topological polar surface area (TPSA) is 65.7 Å². The van der Waals surface area contributed by atoms with Crippen LogP contribution in [0.5, 0.6) is 0 Å². The van der Waals surface area contributed by atoms with E-state index in [1.54, 1.807) is 0 Å². The summed E-state index contributed by atoms with van der Waals surface area (Å²) in [5.41, 5.74) is 2.84. The number of rotatable bonds is 4. The standard InChI is InChI=1S/C10H23N5/c1-4-12-9(14-11)13-8-10(15(2)3)6-5-7-10/h4-8,11H2,1-3H3,(H2,12,13,14). The molecule has 0 unspecified atom stereocenters. The molecule has 1 saturated carbocycles. The first-order chi connectivity index (χ1) is 7.14. The summed E-state index contributed by atoms with van der Waals surface area (Å²) in [5.74, 6) is 6.05. The summed E-state index contributed by atoms with van der Waals surface area (Å²) < 4.78 is 0. The lowest BCUT2D eigenvalue weighted by Gasteiger charge is -2.46. The van der Waals surface area contributed by atoms with E-state index in [9.17, 15) is 0 Å². The van der Waals surface area contributed by atoms with Crippen molar-refractivity contribution in [2.45, 2.75) is 31.7 Å². The van der Waals surface area contributed by atoms with Gasteiger partial charge in [0.1, 0.15) is 0 Å². The van der Waals surface area contributed by atoms with Crippen molar-refractivity contribution in [2.24, 2.45) is 10.8 Å². The van der Waals surface area contributed by atoms with Crippen molar-refractivity contribution < 1.29 is 0 Å². The largest absolute Gasteiger partial charge is 0.356 e. The Morgan fingerprint density at radius 3 is 2.47 bits per heavy atom. The highest BCUT2D eigenvalue weighted by Gasteiger charge is 2.38. The smallest absolute Gasteiger partial charge is 0.205 e. The molecule has 0 heterocycles. The maximum atomic E-state index is 5.37. The summed E-state index contributed by atoms with van der Waals surface area (Å²) in [6, 6.07) is 0. The number of nitrogens with one attached hydrogen (secondary N) is 2. The lowest BCUT2D eigenvalue weighted by Crippen LogP contribution is -2.53. The summed E-state index contributed by atoms with van der Waals surface area (Å²) in [5, 5.41) is 3.09. The predicted octanol–water partition coefficient (Wildman–Crippen LogP) is -0.100. The molecule has 0 saturated heterocycles. The van der Waals surface area contributed by atoms with Gasteiger partial charge in [-0.25, -0.2) is 5.84 Å². The maximum Gasteiger partial charge on any atom is 0.205 e. The molecule has 1 fully saturated rings. The minimum absolute atomic E-state index is 0.261. The van der Waals surface area contributed by atoms with Gasteiger partial charge in [-0.1, -0.05) is 0 Å². The number of guanidine groups is 1. The van der Waals surface area contributed by atoms with Crippen LogP contribution in [-0.2, 0) is 0 Å². The van der Waals surface area contributed by atoms with Gasteiger partial charge < -0.3 is 10.2 Å². The van der Waals surface area contributed by atoms with E-state index in [1.165, 1.54) is 19.3 Å². The maximum absolute atomic E-state index is 5.37. The van der Waals surface area contributed by atoms with Crippen LogP contribution >= 0.6 is 0 Å². The van der Waals surface area contributed by atoms with Gasteiger partial charge >= 0.3 is 0 Å². The Balaban J connectivity index is 2.51. The number of aliphatic imine (C=N–C) groups is 1. The molecule has 0 aromatic rings. The monoisotopic (exact) mass is 213 g/mol. The van der Waals surface area contributed by atoms with Crippen LogP contribution in [0.15, 0.2) is 4.99 Å². The first-order valence-corrected chi connectivity index (χ1v) is 5.57. The molecule has 4 N–H and O–H groups in total. The fraction of sp³-hybridized carbons (Fsp3) is 0.900. The van der Waals surface area contributed by atoms with Gasteiger partial charge in [-0.05, 0) is 40.3 Å². The highest BCUT2D eigenvalue weighted by atomic mass is 15.3. The molecular formula is C10H23N5. The lowest BCUT2D eigenvalue weighted by atomic mass is 9.76. The number of nitrogens with two attached hydrogens (primary N) is 1. The normalized spacial score (nSPS) is 19.9. The first-order valence-electron chi connectivity index (χ1n) is 5.57. The van der Waals surface area contributed by atoms with Crippen molar-refractivity contribution in [3.8, 4) is 0 Å². The fourth-order valence-electron chi connectivity index (χ4n) is 1.88. The van der Waals surface area contributed by atoms with Crippen LogP contribution < -0.4 is 16.6 Å². The summed E-state index contributed by atoms with van der Waals surface area (Å²) in [6.45, 7) is 3.67. The Morgan fingerprint density at radius 1 is 1.47 bits per heavy atom. The van der Waals surface area contributed by atoms with Gasteiger partial charge in [0.05, 0.1) is 6.54 Å². The minimum Gasteiger partial charge on any atom is -0.356 e. The second kappa shape index (κ2) is 5.32. The van der Waals surface area contributed by atoms with Crippen LogP contribution in [0.1, 0.15) is 26.2 Å². The van der Waals surface area contributed by atoms with E-state index in [-0.39, 0.29) is 5.54 Å². The molecule has 1 aliphatic carbocycles. The molecule has 15 heavy (non-hydrogen) atoms. The van der Waals surface area contributed by atoms with Crippen molar-refractivity contribution in [3.63, 3.8) is 0 Å². The van der Waals surface area contributed by atoms with Crippen molar-refractivity contribution in [3.05, 3.63) is 0 Å². The van der Waals surface area contributed by atoms with Gasteiger partial charge in [0.15, 0.2) is 0 Å². The third-order valence-electron chi connectivity index (χ3n) is 3.25. The molecule has 0 spiro atoms. The first kappa shape index (κ1) is 12.3. The Hall–Kier alpha value is -0.810. The van der Waals surface area contributed by atoms with Gasteiger partial charge in [0, 0.05) is 12.1 Å². The summed E-state index contributed by atoms with van der Waals surface area (Å²) >= 11 is 0. The van der Waals surface area contributed by atoms with E-state index in [0.29, 0.717) is 5.96 Å². The van der Waals surface area contributed by atoms with Crippen molar-refractivity contribution >= 4 is 5.96 Å². The van der Waals surface area contributed by atoms with Crippen molar-refractivity contribution in [2.75, 3.05) is 27.2 Å². The molecule has 0 aromatic heterocycles. The highest BCUT2D eigenvalue weighted by Crippen LogP contribution is 2.36. The average molecular weight is 213 g/mol. The van der Waals surface area contributed by atoms with E-state index in [2.05, 4.69) is 34.7 Å². The number of hydrogen-bond donors (Lipinski definition) is 3. The van der Waals surface area contributed by atoms with E-state index in [4.69, 9.17) is 5.84 Å². The van der Waals surface area contributed by atoms with E-state index in [0.717, 1.165) is 13.1 Å². The Labute approximate surface area is 92.1 Å². The van der Waals surface area contributed by atoms with Gasteiger partial charge in [-0.3, -0.25) is 10.4 Å². The molecule has 5 nitrogen and oxygen atoms in total. The van der Waals surface area contributed by atoms with E-state index < -0.39 is 0 Å². The SMILES string of the molecule is CCNC(=NCC1(N(C)C)CCC1)NN. The molecule has 88 valence electrons. The van der Waals surface area contributed by atoms with Crippen molar-refractivity contribution in [1.29, 1.82) is 0 Å². The number of hydrazine groups is 1. The number of hydrogen-bond acceptors (Lipinski definition) is 3. The summed E-state index contributed by atoms with van der Waals surface area (Å²) in [7, 11) is 4.24. The zero-order valence-electron chi connectivity index (χ0n) is 10.0. The van der Waals surface area contributed by atoms with Gasteiger partial charge in [-0.2, -0.15) is 0 Å². The summed E-state index contributed by atoms with van der Waals surface area (Å²) in [6.07, 6.45) is 3.77. The highest BCUT2D eigenvalue weighted by molar-refractivity contribution is 5.79. The Morgan fingerprint density at radius 2 is 2.13 bits per heavy atom. The third kappa shape index (κ3) is 2.82. The second-order valence-corrected chi connectivity index (χ2v) is 4.31. The zero-order chi connectivity index (χ0) is 11.3. The zero-order valence-corrected chi connectivity index (χ0v) is 10.0. The molecule has 0 radical (unpaired) electrons. The molecular weight excluding hydrogens is 190 g/mol. The number of likely N-dealkylation sites (N-methyl/N-ethyl adjacent to an activating group) is 1. The molecule has 0 bridgehead atoms. The molecule has 0 amide bonds. The quantitative estimate of drug-likeness (QED) is 0.264. The molecule has 5 heteroatoms. The Kier molecular flexibility index (Phi) is 4.35. The number of nitrogens with zero attached hydrogens (tertiary/aromatic N) is 2. The van der Waals surface area contributed by atoms with Gasteiger partial charge in [0.2, 0.25) is 5.96 Å². The van der Waals surface area contributed by atoms with Gasteiger partial charge in [0.25, 0.3) is 0 Å². The van der Waals surface area contributed by atoms with Gasteiger partial charge in [-0.15, -0.1) is 0 Å².